The molecule has 1 aromatic heterocycles. The normalized spacial score (nSPS) is 12.8. The van der Waals surface area contributed by atoms with Gasteiger partial charge in [-0.15, -0.1) is 0 Å². The second-order valence-corrected chi connectivity index (χ2v) is 5.42. The standard InChI is InChI=1S/C13H14F2N2O3S/c1-7(5-20-2)17-12-9(4-3-8(14)11(12)15)16-13(17)21-6-10(18)19/h3-4,7H,5-6H2,1-2H3,(H,18,19). The first-order chi connectivity index (χ1) is 9.95. The Morgan fingerprint density at radius 3 is 2.86 bits per heavy atom. The summed E-state index contributed by atoms with van der Waals surface area (Å²) in [6.07, 6.45) is 0. The third kappa shape index (κ3) is 3.16. The van der Waals surface area contributed by atoms with Gasteiger partial charge in [0.1, 0.15) is 5.52 Å². The number of carboxylic acids is 1. The van der Waals surface area contributed by atoms with Crippen LogP contribution in [0.3, 0.4) is 0 Å². The van der Waals surface area contributed by atoms with Crippen LogP contribution in [-0.2, 0) is 9.53 Å². The fourth-order valence-corrected chi connectivity index (χ4v) is 2.88. The average Bonchev–Trinajstić information content (AvgIpc) is 2.80. The van der Waals surface area contributed by atoms with Crippen molar-refractivity contribution in [2.75, 3.05) is 19.5 Å². The molecule has 0 bridgehead atoms. The lowest BCUT2D eigenvalue weighted by Crippen LogP contribution is -2.13. The molecule has 0 aliphatic rings. The molecule has 0 amide bonds. The van der Waals surface area contributed by atoms with Crippen molar-refractivity contribution in [1.82, 2.24) is 9.55 Å². The summed E-state index contributed by atoms with van der Waals surface area (Å²) in [5, 5.41) is 9.09. The zero-order chi connectivity index (χ0) is 15.6. The molecule has 0 saturated heterocycles. The number of carboxylic acid groups (broad SMARTS) is 1. The van der Waals surface area contributed by atoms with Gasteiger partial charge < -0.3 is 14.4 Å². The Labute approximate surface area is 123 Å². The Hall–Kier alpha value is -1.67. The Morgan fingerprint density at radius 2 is 2.24 bits per heavy atom. The Balaban J connectivity index is 2.58. The first-order valence-electron chi connectivity index (χ1n) is 6.15. The highest BCUT2D eigenvalue weighted by molar-refractivity contribution is 7.99. The Bertz CT molecular complexity index is 675. The lowest BCUT2D eigenvalue weighted by Gasteiger charge is -2.16. The molecule has 0 fully saturated rings. The van der Waals surface area contributed by atoms with Crippen LogP contribution in [0.15, 0.2) is 17.3 Å². The third-order valence-corrected chi connectivity index (χ3v) is 3.82. The van der Waals surface area contributed by atoms with Crippen molar-refractivity contribution in [1.29, 1.82) is 0 Å². The van der Waals surface area contributed by atoms with Gasteiger partial charge >= 0.3 is 5.97 Å². The molecule has 1 atom stereocenters. The first kappa shape index (κ1) is 15.7. The fraction of sp³-hybridized carbons (Fsp3) is 0.385. The number of ether oxygens (including phenoxy) is 1. The van der Waals surface area contributed by atoms with E-state index in [9.17, 15) is 13.6 Å². The van der Waals surface area contributed by atoms with Gasteiger partial charge in [-0.3, -0.25) is 4.79 Å². The van der Waals surface area contributed by atoms with E-state index < -0.39 is 17.6 Å². The topological polar surface area (TPSA) is 64.3 Å². The summed E-state index contributed by atoms with van der Waals surface area (Å²) in [5.74, 6) is -3.19. The number of carbonyl (C=O) groups is 1. The number of rotatable bonds is 6. The van der Waals surface area contributed by atoms with E-state index in [-0.39, 0.29) is 29.4 Å². The van der Waals surface area contributed by atoms with E-state index >= 15 is 0 Å². The molecule has 0 spiro atoms. The monoisotopic (exact) mass is 316 g/mol. The summed E-state index contributed by atoms with van der Waals surface area (Å²) >= 11 is 0.957. The maximum Gasteiger partial charge on any atom is 0.313 e. The minimum Gasteiger partial charge on any atom is -0.481 e. The van der Waals surface area contributed by atoms with Crippen LogP contribution in [0.1, 0.15) is 13.0 Å². The highest BCUT2D eigenvalue weighted by Gasteiger charge is 2.21. The summed E-state index contributed by atoms with van der Waals surface area (Å²) in [4.78, 5) is 14.9. The highest BCUT2D eigenvalue weighted by Crippen LogP contribution is 2.30. The average molecular weight is 316 g/mol. The van der Waals surface area contributed by atoms with E-state index in [0.717, 1.165) is 17.8 Å². The van der Waals surface area contributed by atoms with Gasteiger partial charge in [0.25, 0.3) is 0 Å². The minimum atomic E-state index is -1.01. The molecule has 0 radical (unpaired) electrons. The van der Waals surface area contributed by atoms with Crippen LogP contribution < -0.4 is 0 Å². The van der Waals surface area contributed by atoms with Crippen LogP contribution in [0.25, 0.3) is 11.0 Å². The SMILES string of the molecule is COCC(C)n1c(SCC(=O)O)nc2ccc(F)c(F)c21. The minimum absolute atomic E-state index is 0.0208. The molecular weight excluding hydrogens is 302 g/mol. The maximum atomic E-state index is 14.1. The van der Waals surface area contributed by atoms with Crippen molar-refractivity contribution >= 4 is 28.8 Å². The van der Waals surface area contributed by atoms with Gasteiger partial charge in [0.05, 0.1) is 23.9 Å². The van der Waals surface area contributed by atoms with Crippen LogP contribution >= 0.6 is 11.8 Å². The summed E-state index contributed by atoms with van der Waals surface area (Å²) in [6, 6.07) is 2.06. The molecule has 0 aliphatic heterocycles. The maximum absolute atomic E-state index is 14.1. The van der Waals surface area contributed by atoms with Gasteiger partial charge in [-0.25, -0.2) is 13.8 Å². The second kappa shape index (κ2) is 6.40. The number of fused-ring (bicyclic) bond motifs is 1. The van der Waals surface area contributed by atoms with E-state index in [4.69, 9.17) is 9.84 Å². The number of thioether (sulfide) groups is 1. The molecule has 2 aromatic rings. The second-order valence-electron chi connectivity index (χ2n) is 4.48. The molecular formula is C13H14F2N2O3S. The highest BCUT2D eigenvalue weighted by atomic mass is 32.2. The molecule has 2 rings (SSSR count). The van der Waals surface area contributed by atoms with Crippen LogP contribution in [0.5, 0.6) is 0 Å². The van der Waals surface area contributed by atoms with Gasteiger partial charge in [-0.2, -0.15) is 0 Å². The molecule has 0 saturated carbocycles. The number of imidazole rings is 1. The summed E-state index contributed by atoms with van der Waals surface area (Å²) < 4.78 is 34.0. The zero-order valence-electron chi connectivity index (χ0n) is 11.5. The number of methoxy groups -OCH3 is 1. The summed E-state index contributed by atoms with van der Waals surface area (Å²) in [6.45, 7) is 2.03. The van der Waals surface area contributed by atoms with Crippen molar-refractivity contribution in [2.24, 2.45) is 0 Å². The van der Waals surface area contributed by atoms with Crippen molar-refractivity contribution in [2.45, 2.75) is 18.1 Å². The molecule has 114 valence electrons. The third-order valence-electron chi connectivity index (χ3n) is 2.88. The number of aliphatic carboxylic acids is 1. The Kier molecular flexibility index (Phi) is 4.79. The van der Waals surface area contributed by atoms with Gasteiger partial charge in [-0.05, 0) is 19.1 Å². The molecule has 5 nitrogen and oxygen atoms in total. The van der Waals surface area contributed by atoms with Crippen molar-refractivity contribution in [3.05, 3.63) is 23.8 Å². The lowest BCUT2D eigenvalue weighted by atomic mass is 10.2. The van der Waals surface area contributed by atoms with Crippen LogP contribution in [-0.4, -0.2) is 40.1 Å². The van der Waals surface area contributed by atoms with Gasteiger partial charge in [0.15, 0.2) is 16.8 Å². The van der Waals surface area contributed by atoms with Gasteiger partial charge in [0.2, 0.25) is 0 Å². The number of nitrogens with zero attached hydrogens (tertiary/aromatic N) is 2. The predicted octanol–water partition coefficient (Wildman–Crippen LogP) is 2.70. The molecule has 1 unspecified atom stereocenters. The van der Waals surface area contributed by atoms with Crippen molar-refractivity contribution in [3.63, 3.8) is 0 Å². The summed E-state index contributed by atoms with van der Waals surface area (Å²) in [7, 11) is 1.50. The molecule has 21 heavy (non-hydrogen) atoms. The van der Waals surface area contributed by atoms with E-state index in [1.807, 2.05) is 0 Å². The quantitative estimate of drug-likeness (QED) is 0.830. The summed E-state index contributed by atoms with van der Waals surface area (Å²) in [5.41, 5.74) is 0.303. The van der Waals surface area contributed by atoms with E-state index in [1.165, 1.54) is 17.7 Å². The van der Waals surface area contributed by atoms with Crippen molar-refractivity contribution < 1.29 is 23.4 Å². The molecule has 0 aliphatic carbocycles. The largest absolute Gasteiger partial charge is 0.481 e. The number of aromatic nitrogens is 2. The van der Waals surface area contributed by atoms with E-state index in [0.29, 0.717) is 5.16 Å². The fourth-order valence-electron chi connectivity index (χ4n) is 2.05. The molecule has 1 heterocycles. The number of hydrogen-bond acceptors (Lipinski definition) is 4. The number of hydrogen-bond donors (Lipinski definition) is 1. The van der Waals surface area contributed by atoms with Gasteiger partial charge in [-0.1, -0.05) is 11.8 Å². The van der Waals surface area contributed by atoms with Crippen LogP contribution in [0.4, 0.5) is 8.78 Å². The van der Waals surface area contributed by atoms with Crippen molar-refractivity contribution in [3.8, 4) is 0 Å². The molecule has 1 N–H and O–H groups in total. The van der Waals surface area contributed by atoms with Crippen LogP contribution in [0, 0.1) is 11.6 Å². The van der Waals surface area contributed by atoms with Crippen LogP contribution in [0.2, 0.25) is 0 Å². The number of benzene rings is 1. The van der Waals surface area contributed by atoms with E-state index in [2.05, 4.69) is 4.98 Å². The number of halogens is 2. The zero-order valence-corrected chi connectivity index (χ0v) is 12.3. The lowest BCUT2D eigenvalue weighted by molar-refractivity contribution is -0.133. The molecule has 1 aromatic carbocycles. The smallest absolute Gasteiger partial charge is 0.313 e. The predicted molar refractivity (Wildman–Crippen MR) is 74.6 cm³/mol. The Morgan fingerprint density at radius 1 is 1.52 bits per heavy atom. The first-order valence-corrected chi connectivity index (χ1v) is 7.13. The molecule has 8 heteroatoms. The van der Waals surface area contributed by atoms with E-state index in [1.54, 1.807) is 6.92 Å². The van der Waals surface area contributed by atoms with Gasteiger partial charge in [0, 0.05) is 7.11 Å².